The van der Waals surface area contributed by atoms with Crippen LogP contribution in [-0.4, -0.2) is 33.1 Å². The van der Waals surface area contributed by atoms with Crippen molar-refractivity contribution in [3.8, 4) is 5.88 Å². The fourth-order valence-electron chi connectivity index (χ4n) is 4.97. The summed E-state index contributed by atoms with van der Waals surface area (Å²) in [5, 5.41) is 1.92. The lowest BCUT2D eigenvalue weighted by atomic mass is 9.88. The van der Waals surface area contributed by atoms with E-state index in [1.807, 2.05) is 38.4 Å². The summed E-state index contributed by atoms with van der Waals surface area (Å²) >= 11 is 0. The summed E-state index contributed by atoms with van der Waals surface area (Å²) in [6.07, 6.45) is 9.32. The molecule has 2 saturated carbocycles. The number of hydrogen-bond acceptors (Lipinski definition) is 7. The predicted octanol–water partition coefficient (Wildman–Crippen LogP) is 4.33. The fourth-order valence-corrected chi connectivity index (χ4v) is 4.97. The van der Waals surface area contributed by atoms with Gasteiger partial charge in [0.15, 0.2) is 0 Å². The molecule has 176 valence electrons. The molecular weight excluding hydrogens is 428 g/mol. The van der Waals surface area contributed by atoms with Crippen LogP contribution in [0.4, 0.5) is 0 Å². The number of carbonyl (C=O) groups excluding carboxylic acids is 1. The Labute approximate surface area is 199 Å². The summed E-state index contributed by atoms with van der Waals surface area (Å²) in [5.74, 6) is 0.354. The van der Waals surface area contributed by atoms with Crippen LogP contribution in [0.1, 0.15) is 85.9 Å². The van der Waals surface area contributed by atoms with Gasteiger partial charge in [-0.15, -0.1) is 0 Å². The van der Waals surface area contributed by atoms with Gasteiger partial charge in [0.1, 0.15) is 12.2 Å². The molecule has 0 amide bonds. The van der Waals surface area contributed by atoms with E-state index >= 15 is 0 Å². The maximum absolute atomic E-state index is 12.4. The highest BCUT2D eigenvalue weighted by Gasteiger charge is 2.56. The Balaban J connectivity index is 1.40. The van der Waals surface area contributed by atoms with Gasteiger partial charge in [-0.3, -0.25) is 9.97 Å². The molecule has 6 rings (SSSR count). The molecule has 3 aromatic rings. The number of pyridine rings is 3. The van der Waals surface area contributed by atoms with Gasteiger partial charge in [0.05, 0.1) is 22.1 Å². The van der Waals surface area contributed by atoms with Gasteiger partial charge in [-0.05, 0) is 75.1 Å². The normalized spacial score (nSPS) is 22.2. The molecule has 4 heterocycles. The number of ether oxygens (including phenoxy) is 2. The number of rotatable bonds is 6. The molecule has 2 atom stereocenters. The van der Waals surface area contributed by atoms with Gasteiger partial charge in [-0.1, -0.05) is 6.92 Å². The van der Waals surface area contributed by atoms with E-state index in [1.54, 1.807) is 0 Å². The van der Waals surface area contributed by atoms with Crippen LogP contribution in [-0.2, 0) is 22.1 Å². The Morgan fingerprint density at radius 1 is 1.18 bits per heavy atom. The van der Waals surface area contributed by atoms with E-state index in [2.05, 4.69) is 18.0 Å². The molecule has 0 unspecified atom stereocenters. The van der Waals surface area contributed by atoms with Gasteiger partial charge in [-0.2, -0.15) is 0 Å². The van der Waals surface area contributed by atoms with Gasteiger partial charge in [0, 0.05) is 35.7 Å². The van der Waals surface area contributed by atoms with Gasteiger partial charge in [0.2, 0.25) is 5.88 Å². The summed E-state index contributed by atoms with van der Waals surface area (Å²) in [7, 11) is 0. The summed E-state index contributed by atoms with van der Waals surface area (Å²) < 4.78 is 11.6. The lowest BCUT2D eigenvalue weighted by Gasteiger charge is -2.30. The monoisotopic (exact) mass is 458 g/mol. The fraction of sp³-hybridized carbons (Fsp3) is 0.481. The first-order chi connectivity index (χ1) is 16.3. The van der Waals surface area contributed by atoms with E-state index in [9.17, 15) is 4.79 Å². The average molecular weight is 459 g/mol. The molecule has 0 radical (unpaired) electrons. The van der Waals surface area contributed by atoms with Crippen LogP contribution in [0.5, 0.6) is 5.88 Å². The largest absolute Gasteiger partial charge is 0.474 e. The SMILES string of the molecule is CC[C@](C)(N)c1cnc(OC2CC2)c2cnc(Cc3ccc4c(n3)C3(CC3)[C@H](C)OC4=O)cc12. The maximum Gasteiger partial charge on any atom is 0.340 e. The number of carbonyl (C=O) groups is 1. The molecule has 2 aliphatic carbocycles. The highest BCUT2D eigenvalue weighted by molar-refractivity contribution is 5.93. The van der Waals surface area contributed by atoms with Crippen molar-refractivity contribution >= 4 is 16.7 Å². The van der Waals surface area contributed by atoms with Gasteiger partial charge < -0.3 is 15.2 Å². The number of nitrogens with two attached hydrogens (primary N) is 1. The highest BCUT2D eigenvalue weighted by Crippen LogP contribution is 2.54. The van der Waals surface area contributed by atoms with Crippen molar-refractivity contribution in [1.82, 2.24) is 15.0 Å². The molecular formula is C27H30N4O3. The minimum atomic E-state index is -0.513. The molecule has 34 heavy (non-hydrogen) atoms. The van der Waals surface area contributed by atoms with E-state index in [0.29, 0.717) is 17.9 Å². The molecule has 3 aromatic heterocycles. The number of cyclic esters (lactones) is 1. The van der Waals surface area contributed by atoms with Crippen molar-refractivity contribution in [3.63, 3.8) is 0 Å². The number of aromatic nitrogens is 3. The van der Waals surface area contributed by atoms with Crippen LogP contribution in [0.2, 0.25) is 0 Å². The van der Waals surface area contributed by atoms with E-state index in [1.165, 1.54) is 0 Å². The van der Waals surface area contributed by atoms with E-state index in [4.69, 9.17) is 25.2 Å². The van der Waals surface area contributed by atoms with Crippen LogP contribution in [0.3, 0.4) is 0 Å². The van der Waals surface area contributed by atoms with E-state index in [-0.39, 0.29) is 23.6 Å². The van der Waals surface area contributed by atoms with Gasteiger partial charge in [-0.25, -0.2) is 9.78 Å². The second-order valence-electron chi connectivity index (χ2n) is 10.4. The molecule has 2 fully saturated rings. The smallest absolute Gasteiger partial charge is 0.340 e. The Morgan fingerprint density at radius 2 is 1.97 bits per heavy atom. The minimum Gasteiger partial charge on any atom is -0.474 e. The molecule has 3 aliphatic rings. The third kappa shape index (κ3) is 3.45. The van der Waals surface area contributed by atoms with Crippen LogP contribution in [0.25, 0.3) is 10.8 Å². The second-order valence-corrected chi connectivity index (χ2v) is 10.4. The molecule has 1 aliphatic heterocycles. The van der Waals surface area contributed by atoms with Gasteiger partial charge >= 0.3 is 5.97 Å². The number of nitrogens with zero attached hydrogens (tertiary/aromatic N) is 3. The number of fused-ring (bicyclic) bond motifs is 3. The predicted molar refractivity (Wildman–Crippen MR) is 128 cm³/mol. The maximum atomic E-state index is 12.4. The van der Waals surface area contributed by atoms with Crippen LogP contribution < -0.4 is 10.5 Å². The topological polar surface area (TPSA) is 100 Å². The summed E-state index contributed by atoms with van der Waals surface area (Å²) in [4.78, 5) is 26.7. The Bertz CT molecular complexity index is 1310. The first-order valence-electron chi connectivity index (χ1n) is 12.3. The van der Waals surface area contributed by atoms with E-state index < -0.39 is 5.54 Å². The van der Waals surface area contributed by atoms with Crippen molar-refractivity contribution in [2.45, 2.75) is 82.5 Å². The third-order valence-corrected chi connectivity index (χ3v) is 7.80. The summed E-state index contributed by atoms with van der Waals surface area (Å²) in [5.41, 5.74) is 10.3. The quantitative estimate of drug-likeness (QED) is 0.549. The van der Waals surface area contributed by atoms with Crippen molar-refractivity contribution in [1.29, 1.82) is 0 Å². The molecule has 2 N–H and O–H groups in total. The van der Waals surface area contributed by atoms with Crippen LogP contribution >= 0.6 is 0 Å². The van der Waals surface area contributed by atoms with Crippen molar-refractivity contribution in [3.05, 3.63) is 58.8 Å². The van der Waals surface area contributed by atoms with Gasteiger partial charge in [0.25, 0.3) is 0 Å². The zero-order chi connectivity index (χ0) is 23.7. The first-order valence-corrected chi connectivity index (χ1v) is 12.3. The lowest BCUT2D eigenvalue weighted by Crippen LogP contribution is -2.36. The van der Waals surface area contributed by atoms with Crippen LogP contribution in [0, 0.1) is 0 Å². The van der Waals surface area contributed by atoms with E-state index in [0.717, 1.165) is 65.5 Å². The number of hydrogen-bond donors (Lipinski definition) is 1. The zero-order valence-corrected chi connectivity index (χ0v) is 19.9. The summed E-state index contributed by atoms with van der Waals surface area (Å²) in [6, 6.07) is 5.86. The Kier molecular flexibility index (Phi) is 4.72. The Hall–Kier alpha value is -3.06. The Morgan fingerprint density at radius 3 is 2.68 bits per heavy atom. The second kappa shape index (κ2) is 7.47. The molecule has 7 nitrogen and oxygen atoms in total. The van der Waals surface area contributed by atoms with Crippen molar-refractivity contribution in [2.24, 2.45) is 5.73 Å². The van der Waals surface area contributed by atoms with Crippen molar-refractivity contribution < 1.29 is 14.3 Å². The minimum absolute atomic E-state index is 0.119. The average Bonchev–Trinajstić information content (AvgIpc) is 3.74. The lowest BCUT2D eigenvalue weighted by molar-refractivity contribution is 0.0183. The molecule has 0 bridgehead atoms. The summed E-state index contributed by atoms with van der Waals surface area (Å²) in [6.45, 7) is 6.09. The van der Waals surface area contributed by atoms with Crippen molar-refractivity contribution in [2.75, 3.05) is 0 Å². The first kappa shape index (κ1) is 21.5. The van der Waals surface area contributed by atoms with Crippen LogP contribution in [0.15, 0.2) is 30.6 Å². The molecule has 0 saturated heterocycles. The molecule has 0 aromatic carbocycles. The number of esters is 1. The third-order valence-electron chi connectivity index (χ3n) is 7.80. The standard InChI is InChI=1S/C27H30N4O3/c1-4-26(3,28)22-14-30-24(34-18-6-7-18)21-13-29-17(12-20(21)22)11-16-5-8-19-23(31-16)27(9-10-27)15(2)33-25(19)32/h5,8,12-15,18H,4,6-7,9-11,28H2,1-3H3/t15-,26-/m0/s1. The molecule has 7 heteroatoms. The molecule has 1 spiro atoms. The zero-order valence-electron chi connectivity index (χ0n) is 19.9. The highest BCUT2D eigenvalue weighted by atomic mass is 16.5.